The molecule has 3 nitrogen and oxygen atoms in total. The van der Waals surface area contributed by atoms with Crippen molar-refractivity contribution in [2.45, 2.75) is 57.0 Å². The molecule has 0 aromatic carbocycles. The molecule has 0 bridgehead atoms. The predicted octanol–water partition coefficient (Wildman–Crippen LogP) is 1.93. The second-order valence-corrected chi connectivity index (χ2v) is 7.34. The van der Waals surface area contributed by atoms with Crippen molar-refractivity contribution in [2.75, 3.05) is 39.8 Å². The summed E-state index contributed by atoms with van der Waals surface area (Å²) in [6.45, 7) is 8.83. The molecule has 3 rings (SSSR count). The molecule has 19 heavy (non-hydrogen) atoms. The molecule has 3 heteroatoms. The van der Waals surface area contributed by atoms with Crippen LogP contribution in [0, 0.1) is 5.92 Å². The van der Waals surface area contributed by atoms with Crippen LogP contribution in [0.4, 0.5) is 0 Å². The van der Waals surface area contributed by atoms with Gasteiger partial charge < -0.3 is 10.2 Å². The molecule has 0 aromatic heterocycles. The number of nitrogens with one attached hydrogen (secondary N) is 1. The normalized spacial score (nSPS) is 39.2. The summed E-state index contributed by atoms with van der Waals surface area (Å²) < 4.78 is 0. The minimum absolute atomic E-state index is 0.393. The van der Waals surface area contributed by atoms with Gasteiger partial charge in [0.1, 0.15) is 0 Å². The summed E-state index contributed by atoms with van der Waals surface area (Å²) in [5.74, 6) is 0.942. The molecular formula is C16H31N3. The Hall–Kier alpha value is -0.120. The van der Waals surface area contributed by atoms with Crippen molar-refractivity contribution < 1.29 is 0 Å². The molecule has 110 valence electrons. The Morgan fingerprint density at radius 2 is 1.95 bits per heavy atom. The van der Waals surface area contributed by atoms with Crippen molar-refractivity contribution in [1.82, 2.24) is 15.1 Å². The van der Waals surface area contributed by atoms with Crippen molar-refractivity contribution >= 4 is 0 Å². The molecule has 0 amide bonds. The van der Waals surface area contributed by atoms with Gasteiger partial charge >= 0.3 is 0 Å². The fourth-order valence-electron chi connectivity index (χ4n) is 4.10. The highest BCUT2D eigenvalue weighted by molar-refractivity contribution is 5.01. The van der Waals surface area contributed by atoms with Gasteiger partial charge in [-0.05, 0) is 71.6 Å². The smallest absolute Gasteiger partial charge is 0.0308 e. The van der Waals surface area contributed by atoms with E-state index in [1.54, 1.807) is 0 Å². The van der Waals surface area contributed by atoms with E-state index >= 15 is 0 Å². The molecule has 0 spiro atoms. The Bertz CT molecular complexity index is 302. The highest BCUT2D eigenvalue weighted by Crippen LogP contribution is 2.40. The summed E-state index contributed by atoms with van der Waals surface area (Å²) in [5, 5.41) is 3.84. The summed E-state index contributed by atoms with van der Waals surface area (Å²) in [6, 6.07) is 0.801. The first-order valence-corrected chi connectivity index (χ1v) is 8.35. The number of likely N-dealkylation sites (N-methyl/N-ethyl adjacent to an activating group) is 1. The lowest BCUT2D eigenvalue weighted by atomic mass is 9.94. The lowest BCUT2D eigenvalue weighted by Crippen LogP contribution is -2.53. The molecule has 0 radical (unpaired) electrons. The maximum atomic E-state index is 3.84. The SMILES string of the molecule is CN1CCCCC1CN1CCCNC(C)(C2CC2)C1. The zero-order valence-electron chi connectivity index (χ0n) is 12.8. The first-order valence-electron chi connectivity index (χ1n) is 8.35. The van der Waals surface area contributed by atoms with Gasteiger partial charge in [0, 0.05) is 24.7 Å². The number of likely N-dealkylation sites (tertiary alicyclic amines) is 1. The van der Waals surface area contributed by atoms with E-state index in [1.165, 1.54) is 71.2 Å². The molecule has 1 N–H and O–H groups in total. The summed E-state index contributed by atoms with van der Waals surface area (Å²) in [6.07, 6.45) is 8.44. The molecule has 3 fully saturated rings. The molecule has 3 aliphatic rings. The van der Waals surface area contributed by atoms with E-state index in [4.69, 9.17) is 0 Å². The predicted molar refractivity (Wildman–Crippen MR) is 80.5 cm³/mol. The third-order valence-electron chi connectivity index (χ3n) is 5.60. The average Bonchev–Trinajstić information content (AvgIpc) is 3.20. The van der Waals surface area contributed by atoms with Crippen LogP contribution in [0.2, 0.25) is 0 Å². The van der Waals surface area contributed by atoms with Crippen LogP contribution < -0.4 is 5.32 Å². The van der Waals surface area contributed by atoms with E-state index in [-0.39, 0.29) is 0 Å². The minimum atomic E-state index is 0.393. The fraction of sp³-hybridized carbons (Fsp3) is 1.00. The van der Waals surface area contributed by atoms with Gasteiger partial charge in [-0.3, -0.25) is 4.90 Å². The van der Waals surface area contributed by atoms with Gasteiger partial charge in [-0.25, -0.2) is 0 Å². The van der Waals surface area contributed by atoms with Gasteiger partial charge in [0.2, 0.25) is 0 Å². The Balaban J connectivity index is 1.59. The molecule has 2 atom stereocenters. The van der Waals surface area contributed by atoms with Gasteiger partial charge in [0.15, 0.2) is 0 Å². The van der Waals surface area contributed by atoms with E-state index < -0.39 is 0 Å². The standard InChI is InChI=1S/C16H31N3/c1-16(14-7-8-14)13-19(11-5-9-17-16)12-15-6-3-4-10-18(15)2/h14-15,17H,3-13H2,1-2H3. The lowest BCUT2D eigenvalue weighted by Gasteiger charge is -2.39. The number of hydrogen-bond donors (Lipinski definition) is 1. The quantitative estimate of drug-likeness (QED) is 0.841. The van der Waals surface area contributed by atoms with Crippen LogP contribution in [0.3, 0.4) is 0 Å². The summed E-state index contributed by atoms with van der Waals surface area (Å²) in [5.41, 5.74) is 0.393. The molecule has 2 saturated heterocycles. The Kier molecular flexibility index (Phi) is 4.16. The monoisotopic (exact) mass is 265 g/mol. The van der Waals surface area contributed by atoms with Crippen molar-refractivity contribution in [3.63, 3.8) is 0 Å². The van der Waals surface area contributed by atoms with Gasteiger partial charge in [0.05, 0.1) is 0 Å². The van der Waals surface area contributed by atoms with Gasteiger partial charge in [-0.15, -0.1) is 0 Å². The average molecular weight is 265 g/mol. The van der Waals surface area contributed by atoms with Crippen LogP contribution in [-0.2, 0) is 0 Å². The molecular weight excluding hydrogens is 234 g/mol. The number of rotatable bonds is 3. The van der Waals surface area contributed by atoms with Gasteiger partial charge in [0.25, 0.3) is 0 Å². The van der Waals surface area contributed by atoms with Crippen molar-refractivity contribution in [3.05, 3.63) is 0 Å². The Morgan fingerprint density at radius 3 is 2.68 bits per heavy atom. The van der Waals surface area contributed by atoms with E-state index in [9.17, 15) is 0 Å². The van der Waals surface area contributed by atoms with E-state index in [2.05, 4.69) is 29.1 Å². The van der Waals surface area contributed by atoms with Crippen molar-refractivity contribution in [2.24, 2.45) is 5.92 Å². The zero-order chi connectivity index (χ0) is 13.3. The summed E-state index contributed by atoms with van der Waals surface area (Å²) >= 11 is 0. The second kappa shape index (κ2) is 5.71. The fourth-order valence-corrected chi connectivity index (χ4v) is 4.10. The number of nitrogens with zero attached hydrogens (tertiary/aromatic N) is 2. The molecule has 2 aliphatic heterocycles. The lowest BCUT2D eigenvalue weighted by molar-refractivity contribution is 0.113. The third kappa shape index (κ3) is 3.32. The molecule has 1 saturated carbocycles. The van der Waals surface area contributed by atoms with Crippen LogP contribution in [0.15, 0.2) is 0 Å². The van der Waals surface area contributed by atoms with Crippen LogP contribution in [0.25, 0.3) is 0 Å². The van der Waals surface area contributed by atoms with Crippen LogP contribution in [-0.4, -0.2) is 61.2 Å². The van der Waals surface area contributed by atoms with E-state index in [1.807, 2.05) is 0 Å². The molecule has 2 heterocycles. The minimum Gasteiger partial charge on any atom is -0.310 e. The zero-order valence-corrected chi connectivity index (χ0v) is 12.8. The van der Waals surface area contributed by atoms with Crippen molar-refractivity contribution in [1.29, 1.82) is 0 Å². The first-order chi connectivity index (χ1) is 9.17. The molecule has 2 unspecified atom stereocenters. The van der Waals surface area contributed by atoms with Gasteiger partial charge in [-0.1, -0.05) is 6.42 Å². The summed E-state index contributed by atoms with van der Waals surface area (Å²) in [7, 11) is 2.32. The second-order valence-electron chi connectivity index (χ2n) is 7.34. The molecule has 0 aromatic rings. The maximum Gasteiger partial charge on any atom is 0.0308 e. The van der Waals surface area contributed by atoms with Crippen LogP contribution in [0.5, 0.6) is 0 Å². The van der Waals surface area contributed by atoms with Crippen LogP contribution >= 0.6 is 0 Å². The Labute approximate surface area is 118 Å². The highest BCUT2D eigenvalue weighted by Gasteiger charge is 2.43. The van der Waals surface area contributed by atoms with Crippen molar-refractivity contribution in [3.8, 4) is 0 Å². The Morgan fingerprint density at radius 1 is 1.11 bits per heavy atom. The number of piperidine rings is 1. The topological polar surface area (TPSA) is 18.5 Å². The van der Waals surface area contributed by atoms with E-state index in [0.717, 1.165) is 12.0 Å². The highest BCUT2D eigenvalue weighted by atomic mass is 15.2. The first kappa shape index (κ1) is 13.8. The largest absolute Gasteiger partial charge is 0.310 e. The van der Waals surface area contributed by atoms with E-state index in [0.29, 0.717) is 5.54 Å². The van der Waals surface area contributed by atoms with Gasteiger partial charge in [-0.2, -0.15) is 0 Å². The van der Waals surface area contributed by atoms with Crippen LogP contribution in [0.1, 0.15) is 45.4 Å². The maximum absolute atomic E-state index is 3.84. The third-order valence-corrected chi connectivity index (χ3v) is 5.60. The molecule has 1 aliphatic carbocycles. The summed E-state index contributed by atoms with van der Waals surface area (Å²) in [4.78, 5) is 5.35. The number of hydrogen-bond acceptors (Lipinski definition) is 3.